The van der Waals surface area contributed by atoms with Crippen molar-refractivity contribution in [1.82, 2.24) is 24.4 Å². The maximum atomic E-state index is 13.0. The van der Waals surface area contributed by atoms with E-state index in [4.69, 9.17) is 9.72 Å². The Balaban J connectivity index is 1.88. The summed E-state index contributed by atoms with van der Waals surface area (Å²) in [6.45, 7) is 10.2. The number of hydrogen-bond acceptors (Lipinski definition) is 4. The van der Waals surface area contributed by atoms with Gasteiger partial charge < -0.3 is 4.74 Å². The number of aromatic amines is 1. The highest BCUT2D eigenvalue weighted by Crippen LogP contribution is 2.29. The van der Waals surface area contributed by atoms with Crippen LogP contribution in [0.15, 0.2) is 41.2 Å². The third-order valence-corrected chi connectivity index (χ3v) is 5.49. The van der Waals surface area contributed by atoms with Gasteiger partial charge in [-0.05, 0) is 57.0 Å². The van der Waals surface area contributed by atoms with E-state index >= 15 is 0 Å². The van der Waals surface area contributed by atoms with E-state index in [0.29, 0.717) is 5.65 Å². The molecule has 0 bridgehead atoms. The number of hydrogen-bond donors (Lipinski definition) is 1. The number of benzene rings is 1. The lowest BCUT2D eigenvalue weighted by Gasteiger charge is -2.22. The number of methoxy groups -OCH3 is 1. The molecule has 0 amide bonds. The molecule has 0 saturated heterocycles. The molecule has 0 unspecified atom stereocenters. The Morgan fingerprint density at radius 2 is 1.77 bits per heavy atom. The van der Waals surface area contributed by atoms with Crippen molar-refractivity contribution in [2.45, 2.75) is 40.7 Å². The topological polar surface area (TPSA) is 77.2 Å². The number of rotatable bonds is 5. The number of ether oxygens (including phenoxy) is 1. The van der Waals surface area contributed by atoms with Gasteiger partial charge in [0.15, 0.2) is 5.65 Å². The summed E-state index contributed by atoms with van der Waals surface area (Å²) in [6.07, 6.45) is 0. The van der Waals surface area contributed by atoms with Crippen LogP contribution in [0.3, 0.4) is 0 Å². The van der Waals surface area contributed by atoms with Crippen molar-refractivity contribution in [3.05, 3.63) is 69.4 Å². The minimum atomic E-state index is -0.134. The van der Waals surface area contributed by atoms with Gasteiger partial charge in [-0.1, -0.05) is 13.8 Å². The second kappa shape index (κ2) is 7.48. The highest BCUT2D eigenvalue weighted by Gasteiger charge is 2.24. The molecule has 0 spiro atoms. The average Bonchev–Trinajstić information content (AvgIpc) is 3.21. The summed E-state index contributed by atoms with van der Waals surface area (Å²) in [7, 11) is 1.64. The van der Waals surface area contributed by atoms with E-state index in [0.717, 1.165) is 39.7 Å². The Morgan fingerprint density at radius 3 is 2.33 bits per heavy atom. The molecule has 0 aliphatic heterocycles. The van der Waals surface area contributed by atoms with Crippen LogP contribution >= 0.6 is 0 Å². The van der Waals surface area contributed by atoms with Crippen molar-refractivity contribution >= 4 is 5.65 Å². The van der Waals surface area contributed by atoms with Gasteiger partial charge in [0.2, 0.25) is 0 Å². The quantitative estimate of drug-likeness (QED) is 0.543. The zero-order valence-electron chi connectivity index (χ0n) is 18.2. The molecule has 1 N–H and O–H groups in total. The molecule has 1 atom stereocenters. The van der Waals surface area contributed by atoms with Gasteiger partial charge in [-0.3, -0.25) is 14.6 Å². The minimum absolute atomic E-state index is 0.116. The molecule has 30 heavy (non-hydrogen) atoms. The number of aromatic nitrogens is 5. The van der Waals surface area contributed by atoms with Crippen molar-refractivity contribution in [3.8, 4) is 17.0 Å². The fraction of sp³-hybridized carbons (Fsp3) is 0.348. The van der Waals surface area contributed by atoms with Crippen molar-refractivity contribution in [3.63, 3.8) is 0 Å². The monoisotopic (exact) mass is 405 g/mol. The van der Waals surface area contributed by atoms with Crippen molar-refractivity contribution in [1.29, 1.82) is 0 Å². The highest BCUT2D eigenvalue weighted by atomic mass is 16.5. The van der Waals surface area contributed by atoms with Gasteiger partial charge >= 0.3 is 0 Å². The molecule has 3 heterocycles. The van der Waals surface area contributed by atoms with Crippen LogP contribution in [0, 0.1) is 26.7 Å². The van der Waals surface area contributed by atoms with E-state index in [1.807, 2.05) is 55.8 Å². The zero-order valence-corrected chi connectivity index (χ0v) is 18.2. The van der Waals surface area contributed by atoms with E-state index in [-0.39, 0.29) is 17.5 Å². The van der Waals surface area contributed by atoms with E-state index in [9.17, 15) is 4.79 Å². The largest absolute Gasteiger partial charge is 0.497 e. The molecule has 0 radical (unpaired) electrons. The van der Waals surface area contributed by atoms with Crippen LogP contribution < -0.4 is 10.3 Å². The Bertz CT molecular complexity index is 1260. The Labute approximate surface area is 175 Å². The summed E-state index contributed by atoms with van der Waals surface area (Å²) in [4.78, 5) is 17.9. The number of nitrogens with one attached hydrogen (secondary N) is 1. The van der Waals surface area contributed by atoms with Crippen molar-refractivity contribution in [2.24, 2.45) is 5.92 Å². The summed E-state index contributed by atoms with van der Waals surface area (Å²) >= 11 is 0. The SMILES string of the molecule is COc1ccc(-c2[nH]n3c(=O)cc([C@H](C(C)C)n4nc(C)cc4C)nc3c2C)cc1. The molecule has 0 saturated carbocycles. The molecule has 0 aliphatic carbocycles. The smallest absolute Gasteiger partial charge is 0.272 e. The number of aryl methyl sites for hydroxylation is 3. The Hall–Kier alpha value is -3.35. The molecule has 7 nitrogen and oxygen atoms in total. The lowest BCUT2D eigenvalue weighted by molar-refractivity contribution is 0.386. The number of nitrogens with zero attached hydrogens (tertiary/aromatic N) is 4. The van der Waals surface area contributed by atoms with E-state index in [1.54, 1.807) is 13.2 Å². The first-order valence-electron chi connectivity index (χ1n) is 10.1. The fourth-order valence-electron chi connectivity index (χ4n) is 4.03. The van der Waals surface area contributed by atoms with Gasteiger partial charge in [0.25, 0.3) is 5.56 Å². The predicted octanol–water partition coefficient (Wildman–Crippen LogP) is 4.07. The van der Waals surface area contributed by atoms with Crippen LogP contribution in [0.2, 0.25) is 0 Å². The van der Waals surface area contributed by atoms with E-state index in [1.165, 1.54) is 4.52 Å². The number of fused-ring (bicyclic) bond motifs is 1. The first-order valence-corrected chi connectivity index (χ1v) is 10.1. The molecule has 7 heteroatoms. The van der Waals surface area contributed by atoms with Gasteiger partial charge in [0.1, 0.15) is 5.75 Å². The van der Waals surface area contributed by atoms with Crippen molar-refractivity contribution < 1.29 is 4.74 Å². The van der Waals surface area contributed by atoms with E-state index < -0.39 is 0 Å². The first-order chi connectivity index (χ1) is 14.3. The molecule has 4 aromatic rings. The second-order valence-corrected chi connectivity index (χ2v) is 8.08. The molecule has 1 aromatic carbocycles. The van der Waals surface area contributed by atoms with Gasteiger partial charge in [-0.25, -0.2) is 9.50 Å². The molecule has 156 valence electrons. The van der Waals surface area contributed by atoms with Gasteiger partial charge in [0.05, 0.1) is 30.2 Å². The van der Waals surface area contributed by atoms with Crippen LogP contribution in [0.5, 0.6) is 5.75 Å². The predicted molar refractivity (Wildman–Crippen MR) is 117 cm³/mol. The van der Waals surface area contributed by atoms with Crippen LogP contribution in [0.25, 0.3) is 16.9 Å². The summed E-state index contributed by atoms with van der Waals surface area (Å²) in [5.41, 5.74) is 6.00. The maximum absolute atomic E-state index is 13.0. The van der Waals surface area contributed by atoms with Crippen LogP contribution in [-0.2, 0) is 0 Å². The van der Waals surface area contributed by atoms with Gasteiger partial charge in [0, 0.05) is 22.9 Å². The maximum Gasteiger partial charge on any atom is 0.272 e. The minimum Gasteiger partial charge on any atom is -0.497 e. The average molecular weight is 406 g/mol. The Morgan fingerprint density at radius 1 is 1.07 bits per heavy atom. The normalized spacial score (nSPS) is 12.6. The zero-order chi connectivity index (χ0) is 21.6. The standard InChI is InChI=1S/C23H27N5O2/c1-13(2)22(27-15(4)11-14(3)25-27)19-12-20(29)28-23(24-19)16(5)21(26-28)17-7-9-18(30-6)10-8-17/h7-13,22,26H,1-6H3/t22-/m0/s1. The fourth-order valence-corrected chi connectivity index (χ4v) is 4.03. The lowest BCUT2D eigenvalue weighted by atomic mass is 10.0. The summed E-state index contributed by atoms with van der Waals surface area (Å²) in [5, 5.41) is 7.87. The summed E-state index contributed by atoms with van der Waals surface area (Å²) < 4.78 is 8.73. The summed E-state index contributed by atoms with van der Waals surface area (Å²) in [5.74, 6) is 1.01. The Kier molecular flexibility index (Phi) is 4.97. The molecule has 0 aliphatic rings. The molecule has 3 aromatic heterocycles. The van der Waals surface area contributed by atoms with Gasteiger partial charge in [-0.15, -0.1) is 0 Å². The highest BCUT2D eigenvalue weighted by molar-refractivity contribution is 5.70. The van der Waals surface area contributed by atoms with Crippen molar-refractivity contribution in [2.75, 3.05) is 7.11 Å². The lowest BCUT2D eigenvalue weighted by Crippen LogP contribution is -2.24. The number of H-pyrrole nitrogens is 1. The third kappa shape index (κ3) is 3.30. The molecule has 0 fully saturated rings. The third-order valence-electron chi connectivity index (χ3n) is 5.49. The van der Waals surface area contributed by atoms with E-state index in [2.05, 4.69) is 24.0 Å². The molecular formula is C23H27N5O2. The molecular weight excluding hydrogens is 378 g/mol. The van der Waals surface area contributed by atoms with Crippen LogP contribution in [0.4, 0.5) is 0 Å². The molecule has 4 rings (SSSR count). The summed E-state index contributed by atoms with van der Waals surface area (Å²) in [6, 6.07) is 11.3. The van der Waals surface area contributed by atoms with Gasteiger partial charge in [-0.2, -0.15) is 5.10 Å². The first kappa shape index (κ1) is 19.9. The van der Waals surface area contributed by atoms with Crippen LogP contribution in [-0.4, -0.2) is 31.5 Å². The second-order valence-electron chi connectivity index (χ2n) is 8.08. The van der Waals surface area contributed by atoms with Crippen LogP contribution in [0.1, 0.15) is 42.5 Å².